The van der Waals surface area contributed by atoms with Gasteiger partial charge in [0.15, 0.2) is 5.16 Å². The summed E-state index contributed by atoms with van der Waals surface area (Å²) >= 11 is 7.41. The van der Waals surface area contributed by atoms with Gasteiger partial charge in [0.05, 0.1) is 24.1 Å². The van der Waals surface area contributed by atoms with Gasteiger partial charge in [-0.1, -0.05) is 29.4 Å². The van der Waals surface area contributed by atoms with Gasteiger partial charge in [-0.25, -0.2) is 4.98 Å². The SMILES string of the molecule is C=CCn1c(SCCC(=O)Nc2ccc(N3CCOCC3)cc2)nc2ccc(Cl)cc2c1=O. The van der Waals surface area contributed by atoms with Crippen molar-refractivity contribution in [3.05, 3.63) is 70.5 Å². The van der Waals surface area contributed by atoms with E-state index in [2.05, 4.69) is 21.8 Å². The number of ether oxygens (including phenoxy) is 1. The predicted octanol–water partition coefficient (Wildman–Crippen LogP) is 4.19. The van der Waals surface area contributed by atoms with E-state index in [0.717, 1.165) is 37.7 Å². The zero-order chi connectivity index (χ0) is 23.2. The number of carbonyl (C=O) groups is 1. The molecule has 1 aliphatic rings. The molecule has 1 amide bonds. The van der Waals surface area contributed by atoms with E-state index in [4.69, 9.17) is 16.3 Å². The predicted molar refractivity (Wildman–Crippen MR) is 135 cm³/mol. The number of amides is 1. The number of fused-ring (bicyclic) bond motifs is 1. The number of halogens is 1. The average molecular weight is 485 g/mol. The number of hydrogen-bond donors (Lipinski definition) is 1. The van der Waals surface area contributed by atoms with Crippen molar-refractivity contribution in [1.29, 1.82) is 0 Å². The smallest absolute Gasteiger partial charge is 0.262 e. The molecule has 0 bridgehead atoms. The van der Waals surface area contributed by atoms with Crippen LogP contribution in [0.3, 0.4) is 0 Å². The van der Waals surface area contributed by atoms with Crippen LogP contribution in [0.25, 0.3) is 10.9 Å². The van der Waals surface area contributed by atoms with E-state index in [-0.39, 0.29) is 11.5 Å². The number of hydrogen-bond acceptors (Lipinski definition) is 6. The van der Waals surface area contributed by atoms with Crippen molar-refractivity contribution in [1.82, 2.24) is 9.55 Å². The first-order valence-electron chi connectivity index (χ1n) is 10.7. The molecule has 1 N–H and O–H groups in total. The topological polar surface area (TPSA) is 76.5 Å². The number of morpholine rings is 1. The molecule has 7 nitrogen and oxygen atoms in total. The molecule has 0 atom stereocenters. The van der Waals surface area contributed by atoms with E-state index in [1.165, 1.54) is 11.8 Å². The van der Waals surface area contributed by atoms with Crippen LogP contribution in [0.4, 0.5) is 11.4 Å². The third-order valence-corrected chi connectivity index (χ3v) is 6.49. The summed E-state index contributed by atoms with van der Waals surface area (Å²) in [6.45, 7) is 7.27. The lowest BCUT2D eigenvalue weighted by atomic mass is 10.2. The summed E-state index contributed by atoms with van der Waals surface area (Å²) in [7, 11) is 0. The van der Waals surface area contributed by atoms with E-state index in [9.17, 15) is 9.59 Å². The number of thioether (sulfide) groups is 1. The molecule has 0 spiro atoms. The van der Waals surface area contributed by atoms with Gasteiger partial charge in [-0.05, 0) is 42.5 Å². The minimum absolute atomic E-state index is 0.0909. The average Bonchev–Trinajstić information content (AvgIpc) is 2.83. The Labute approximate surface area is 201 Å². The number of anilines is 2. The van der Waals surface area contributed by atoms with Gasteiger partial charge >= 0.3 is 0 Å². The monoisotopic (exact) mass is 484 g/mol. The lowest BCUT2D eigenvalue weighted by Crippen LogP contribution is -2.36. The lowest BCUT2D eigenvalue weighted by molar-refractivity contribution is -0.115. The summed E-state index contributed by atoms with van der Waals surface area (Å²) in [5, 5.41) is 4.44. The molecule has 3 aromatic rings. The molecule has 0 unspecified atom stereocenters. The molecular formula is C24H25ClN4O3S. The van der Waals surface area contributed by atoms with Crippen LogP contribution in [0.5, 0.6) is 0 Å². The van der Waals surface area contributed by atoms with Crippen molar-refractivity contribution in [2.45, 2.75) is 18.1 Å². The van der Waals surface area contributed by atoms with Crippen molar-refractivity contribution in [2.75, 3.05) is 42.3 Å². The molecule has 0 radical (unpaired) electrons. The molecule has 33 heavy (non-hydrogen) atoms. The highest BCUT2D eigenvalue weighted by Crippen LogP contribution is 2.22. The molecule has 0 aliphatic carbocycles. The van der Waals surface area contributed by atoms with Gasteiger partial charge in [-0.2, -0.15) is 0 Å². The van der Waals surface area contributed by atoms with Crippen LogP contribution >= 0.6 is 23.4 Å². The fourth-order valence-corrected chi connectivity index (χ4v) is 4.73. The molecule has 172 valence electrons. The Bertz CT molecular complexity index is 1210. The molecule has 2 heterocycles. The van der Waals surface area contributed by atoms with Gasteiger partial charge in [0.2, 0.25) is 5.91 Å². The zero-order valence-corrected chi connectivity index (χ0v) is 19.7. The van der Waals surface area contributed by atoms with Gasteiger partial charge in [0, 0.05) is 48.2 Å². The first kappa shape index (κ1) is 23.4. The highest BCUT2D eigenvalue weighted by Gasteiger charge is 2.13. The maximum Gasteiger partial charge on any atom is 0.262 e. The van der Waals surface area contributed by atoms with Gasteiger partial charge in [-0.3, -0.25) is 14.2 Å². The molecule has 4 rings (SSSR count). The highest BCUT2D eigenvalue weighted by atomic mass is 35.5. The van der Waals surface area contributed by atoms with Crippen molar-refractivity contribution in [3.8, 4) is 0 Å². The van der Waals surface area contributed by atoms with Crippen LogP contribution in [-0.4, -0.2) is 47.5 Å². The first-order valence-corrected chi connectivity index (χ1v) is 12.1. The Morgan fingerprint density at radius 3 is 2.70 bits per heavy atom. The molecule has 2 aromatic carbocycles. The van der Waals surface area contributed by atoms with Gasteiger partial charge in [-0.15, -0.1) is 6.58 Å². The minimum Gasteiger partial charge on any atom is -0.378 e. The summed E-state index contributed by atoms with van der Waals surface area (Å²) in [6.07, 6.45) is 1.94. The Hall–Kier alpha value is -2.81. The van der Waals surface area contributed by atoms with Crippen LogP contribution in [0.15, 0.2) is 65.1 Å². The van der Waals surface area contributed by atoms with Crippen LogP contribution in [-0.2, 0) is 16.1 Å². The number of allylic oxidation sites excluding steroid dienone is 1. The van der Waals surface area contributed by atoms with Crippen molar-refractivity contribution < 1.29 is 9.53 Å². The fraction of sp³-hybridized carbons (Fsp3) is 0.292. The number of benzene rings is 2. The number of carbonyl (C=O) groups excluding carboxylic acids is 1. The molecular weight excluding hydrogens is 460 g/mol. The third-order valence-electron chi connectivity index (χ3n) is 5.28. The summed E-state index contributed by atoms with van der Waals surface area (Å²) in [6, 6.07) is 12.9. The van der Waals surface area contributed by atoms with Gasteiger partial charge in [0.25, 0.3) is 5.56 Å². The summed E-state index contributed by atoms with van der Waals surface area (Å²) in [5.41, 5.74) is 2.29. The summed E-state index contributed by atoms with van der Waals surface area (Å²) in [5.74, 6) is 0.396. The maximum absolute atomic E-state index is 12.9. The van der Waals surface area contributed by atoms with E-state index in [1.807, 2.05) is 24.3 Å². The number of nitrogens with zero attached hydrogens (tertiary/aromatic N) is 3. The Morgan fingerprint density at radius 1 is 1.21 bits per heavy atom. The number of rotatable bonds is 8. The fourth-order valence-electron chi connectivity index (χ4n) is 3.61. The second-order valence-corrected chi connectivity index (χ2v) is 9.05. The first-order chi connectivity index (χ1) is 16.0. The molecule has 0 saturated carbocycles. The molecule has 9 heteroatoms. The summed E-state index contributed by atoms with van der Waals surface area (Å²) < 4.78 is 6.94. The summed E-state index contributed by atoms with van der Waals surface area (Å²) in [4.78, 5) is 32.2. The Balaban J connectivity index is 1.37. The van der Waals surface area contributed by atoms with Crippen molar-refractivity contribution >= 4 is 51.5 Å². The highest BCUT2D eigenvalue weighted by molar-refractivity contribution is 7.99. The second-order valence-electron chi connectivity index (χ2n) is 7.55. The van der Waals surface area contributed by atoms with Crippen molar-refractivity contribution in [2.24, 2.45) is 0 Å². The zero-order valence-electron chi connectivity index (χ0n) is 18.1. The van der Waals surface area contributed by atoms with Crippen LogP contribution < -0.4 is 15.8 Å². The molecule has 1 saturated heterocycles. The lowest BCUT2D eigenvalue weighted by Gasteiger charge is -2.28. The largest absolute Gasteiger partial charge is 0.378 e. The van der Waals surface area contributed by atoms with Gasteiger partial charge in [0.1, 0.15) is 0 Å². The second kappa shape index (κ2) is 10.9. The molecule has 1 aromatic heterocycles. The van der Waals surface area contributed by atoms with Crippen LogP contribution in [0, 0.1) is 0 Å². The van der Waals surface area contributed by atoms with E-state index in [1.54, 1.807) is 28.8 Å². The maximum atomic E-state index is 12.9. The number of nitrogens with one attached hydrogen (secondary N) is 1. The van der Waals surface area contributed by atoms with Crippen LogP contribution in [0.1, 0.15) is 6.42 Å². The quantitative estimate of drug-likeness (QED) is 0.293. The molecule has 1 aliphatic heterocycles. The molecule has 1 fully saturated rings. The van der Waals surface area contributed by atoms with E-state index >= 15 is 0 Å². The van der Waals surface area contributed by atoms with Gasteiger partial charge < -0.3 is 15.0 Å². The van der Waals surface area contributed by atoms with Crippen LogP contribution in [0.2, 0.25) is 5.02 Å². The van der Waals surface area contributed by atoms with E-state index in [0.29, 0.717) is 39.8 Å². The standard InChI is InChI=1S/C24H25ClN4O3S/c1-2-10-29-23(31)20-16-17(25)3-8-21(20)27-24(29)33-15-9-22(30)26-18-4-6-19(7-5-18)28-11-13-32-14-12-28/h2-8,16H,1,9-15H2,(H,26,30). The third kappa shape index (κ3) is 5.76. The van der Waals surface area contributed by atoms with Crippen molar-refractivity contribution in [3.63, 3.8) is 0 Å². The van der Waals surface area contributed by atoms with E-state index < -0.39 is 0 Å². The normalized spacial score (nSPS) is 13.8. The Kier molecular flexibility index (Phi) is 7.69. The Morgan fingerprint density at radius 2 is 1.97 bits per heavy atom. The number of aromatic nitrogens is 2. The minimum atomic E-state index is -0.172.